The molecule has 3 heteroatoms. The summed E-state index contributed by atoms with van der Waals surface area (Å²) in [4.78, 5) is 11.5. The fourth-order valence-electron chi connectivity index (χ4n) is 2.42. The molecule has 1 aliphatic carbocycles. The predicted octanol–water partition coefficient (Wildman–Crippen LogP) is 2.23. The summed E-state index contributed by atoms with van der Waals surface area (Å²) >= 11 is 0. The number of amides is 1. The molecule has 16 heavy (non-hydrogen) atoms. The van der Waals surface area contributed by atoms with Gasteiger partial charge in [0, 0.05) is 19.1 Å². The third-order valence-electron chi connectivity index (χ3n) is 3.51. The third-order valence-corrected chi connectivity index (χ3v) is 3.51. The molecule has 0 spiro atoms. The first-order chi connectivity index (χ1) is 7.76. The molecule has 0 atom stereocenters. The molecule has 0 aromatic rings. The zero-order chi connectivity index (χ0) is 11.8. The van der Waals surface area contributed by atoms with E-state index in [9.17, 15) is 4.79 Å². The van der Waals surface area contributed by atoms with Crippen LogP contribution in [0.25, 0.3) is 0 Å². The maximum Gasteiger partial charge on any atom is 0.220 e. The van der Waals surface area contributed by atoms with Crippen molar-refractivity contribution in [2.45, 2.75) is 64.3 Å². The molecule has 0 heterocycles. The maximum atomic E-state index is 11.5. The van der Waals surface area contributed by atoms with Crippen LogP contribution in [0.1, 0.15) is 58.3 Å². The third kappa shape index (κ3) is 4.97. The van der Waals surface area contributed by atoms with Crippen LogP contribution in [0.3, 0.4) is 0 Å². The Hall–Kier alpha value is -0.570. The highest BCUT2D eigenvalue weighted by Gasteiger charge is 2.21. The van der Waals surface area contributed by atoms with E-state index in [4.69, 9.17) is 5.11 Å². The highest BCUT2D eigenvalue weighted by molar-refractivity contribution is 5.76. The highest BCUT2D eigenvalue weighted by Crippen LogP contribution is 2.26. The second-order valence-corrected chi connectivity index (χ2v) is 4.90. The molecule has 1 rings (SSSR count). The summed E-state index contributed by atoms with van der Waals surface area (Å²) in [6, 6.07) is 0.388. The molecule has 0 aliphatic heterocycles. The lowest BCUT2D eigenvalue weighted by Crippen LogP contribution is -2.37. The molecule has 0 unspecified atom stereocenters. The van der Waals surface area contributed by atoms with Gasteiger partial charge in [-0.25, -0.2) is 0 Å². The van der Waals surface area contributed by atoms with Crippen LogP contribution in [0.2, 0.25) is 0 Å². The summed E-state index contributed by atoms with van der Waals surface area (Å²) in [5.74, 6) is 0.890. The molecule has 1 amide bonds. The van der Waals surface area contributed by atoms with Crippen LogP contribution in [-0.4, -0.2) is 23.7 Å². The van der Waals surface area contributed by atoms with Gasteiger partial charge in [-0.15, -0.1) is 0 Å². The molecule has 0 radical (unpaired) electrons. The van der Waals surface area contributed by atoms with Crippen molar-refractivity contribution in [3.63, 3.8) is 0 Å². The van der Waals surface area contributed by atoms with Gasteiger partial charge in [0.2, 0.25) is 5.91 Å². The number of nitrogens with one attached hydrogen (secondary N) is 1. The molecule has 1 aliphatic rings. The molecule has 0 saturated heterocycles. The smallest absolute Gasteiger partial charge is 0.220 e. The Morgan fingerprint density at radius 3 is 2.56 bits per heavy atom. The number of carbonyl (C=O) groups excluding carboxylic acids is 1. The van der Waals surface area contributed by atoms with E-state index in [1.807, 2.05) is 0 Å². The normalized spacial score (nSPS) is 25.4. The fraction of sp³-hybridized carbons (Fsp3) is 0.923. The van der Waals surface area contributed by atoms with E-state index in [1.54, 1.807) is 0 Å². The van der Waals surface area contributed by atoms with Crippen molar-refractivity contribution >= 4 is 5.91 Å². The van der Waals surface area contributed by atoms with Crippen LogP contribution in [0.15, 0.2) is 0 Å². The minimum absolute atomic E-state index is 0.215. The molecule has 94 valence electrons. The molecule has 1 fully saturated rings. The van der Waals surface area contributed by atoms with Gasteiger partial charge >= 0.3 is 0 Å². The first-order valence-electron chi connectivity index (χ1n) is 6.66. The molecule has 0 aromatic heterocycles. The highest BCUT2D eigenvalue weighted by atomic mass is 16.3. The Labute approximate surface area is 98.6 Å². The topological polar surface area (TPSA) is 49.3 Å². The largest absolute Gasteiger partial charge is 0.396 e. The molecule has 0 aromatic carbocycles. The van der Waals surface area contributed by atoms with E-state index in [0.717, 1.165) is 44.9 Å². The number of aliphatic hydroxyl groups excluding tert-OH is 1. The van der Waals surface area contributed by atoms with Gasteiger partial charge in [-0.1, -0.05) is 13.3 Å². The van der Waals surface area contributed by atoms with Gasteiger partial charge in [-0.2, -0.15) is 0 Å². The summed E-state index contributed by atoms with van der Waals surface area (Å²) < 4.78 is 0. The van der Waals surface area contributed by atoms with Gasteiger partial charge in [0.1, 0.15) is 0 Å². The predicted molar refractivity (Wildman–Crippen MR) is 65.1 cm³/mol. The lowest BCUT2D eigenvalue weighted by molar-refractivity contribution is -0.122. The number of hydrogen-bond acceptors (Lipinski definition) is 2. The van der Waals surface area contributed by atoms with Crippen molar-refractivity contribution in [1.82, 2.24) is 5.32 Å². The Bertz CT molecular complexity index is 198. The van der Waals surface area contributed by atoms with Crippen LogP contribution in [0.4, 0.5) is 0 Å². The zero-order valence-corrected chi connectivity index (χ0v) is 10.4. The molecule has 1 saturated carbocycles. The second-order valence-electron chi connectivity index (χ2n) is 4.90. The standard InChI is InChI=1S/C13H25NO2/c1-2-3-4-13(16)14-12-7-5-11(6-8-12)9-10-15/h11-12,15H,2-10H2,1H3,(H,14,16). The monoisotopic (exact) mass is 227 g/mol. The summed E-state index contributed by atoms with van der Waals surface area (Å²) in [5.41, 5.74) is 0. The van der Waals surface area contributed by atoms with Crippen LogP contribution < -0.4 is 5.32 Å². The van der Waals surface area contributed by atoms with Crippen molar-refractivity contribution in [3.8, 4) is 0 Å². The van der Waals surface area contributed by atoms with Crippen LogP contribution >= 0.6 is 0 Å². The minimum atomic E-state index is 0.215. The van der Waals surface area contributed by atoms with Crippen molar-refractivity contribution in [2.75, 3.05) is 6.61 Å². The van der Waals surface area contributed by atoms with Crippen molar-refractivity contribution < 1.29 is 9.90 Å². The number of aliphatic hydroxyl groups is 1. The van der Waals surface area contributed by atoms with Crippen LogP contribution in [-0.2, 0) is 4.79 Å². The summed E-state index contributed by atoms with van der Waals surface area (Å²) in [6.07, 6.45) is 8.15. The van der Waals surface area contributed by atoms with Gasteiger partial charge < -0.3 is 10.4 Å². The number of unbranched alkanes of at least 4 members (excludes halogenated alkanes) is 1. The van der Waals surface area contributed by atoms with Crippen molar-refractivity contribution in [1.29, 1.82) is 0 Å². The molecule has 3 nitrogen and oxygen atoms in total. The van der Waals surface area contributed by atoms with Crippen LogP contribution in [0.5, 0.6) is 0 Å². The Morgan fingerprint density at radius 2 is 2.00 bits per heavy atom. The summed E-state index contributed by atoms with van der Waals surface area (Å²) in [6.45, 7) is 2.41. The second kappa shape index (κ2) is 7.66. The van der Waals surface area contributed by atoms with E-state index in [1.165, 1.54) is 0 Å². The van der Waals surface area contributed by atoms with Gasteiger partial charge in [0.05, 0.1) is 0 Å². The Balaban J connectivity index is 2.14. The quantitative estimate of drug-likeness (QED) is 0.731. The van der Waals surface area contributed by atoms with Gasteiger partial charge in [0.15, 0.2) is 0 Å². The van der Waals surface area contributed by atoms with E-state index < -0.39 is 0 Å². The summed E-state index contributed by atoms with van der Waals surface area (Å²) in [5, 5.41) is 12.0. The molecular weight excluding hydrogens is 202 g/mol. The van der Waals surface area contributed by atoms with Crippen molar-refractivity contribution in [2.24, 2.45) is 5.92 Å². The maximum absolute atomic E-state index is 11.5. The van der Waals surface area contributed by atoms with E-state index in [0.29, 0.717) is 25.0 Å². The first kappa shape index (κ1) is 13.5. The SMILES string of the molecule is CCCCC(=O)NC1CCC(CCO)CC1. The van der Waals surface area contributed by atoms with E-state index in [2.05, 4.69) is 12.2 Å². The van der Waals surface area contributed by atoms with Crippen LogP contribution in [0, 0.1) is 5.92 Å². The first-order valence-corrected chi connectivity index (χ1v) is 6.66. The van der Waals surface area contributed by atoms with Crippen molar-refractivity contribution in [3.05, 3.63) is 0 Å². The average molecular weight is 227 g/mol. The zero-order valence-electron chi connectivity index (χ0n) is 10.4. The Morgan fingerprint density at radius 1 is 1.31 bits per heavy atom. The lowest BCUT2D eigenvalue weighted by Gasteiger charge is -2.28. The number of rotatable bonds is 6. The average Bonchev–Trinajstić information content (AvgIpc) is 2.29. The van der Waals surface area contributed by atoms with Gasteiger partial charge in [-0.3, -0.25) is 4.79 Å². The molecule has 0 bridgehead atoms. The van der Waals surface area contributed by atoms with E-state index >= 15 is 0 Å². The molecule has 2 N–H and O–H groups in total. The van der Waals surface area contributed by atoms with Gasteiger partial charge in [0.25, 0.3) is 0 Å². The number of hydrogen-bond donors (Lipinski definition) is 2. The van der Waals surface area contributed by atoms with E-state index in [-0.39, 0.29) is 5.91 Å². The minimum Gasteiger partial charge on any atom is -0.396 e. The fourth-order valence-corrected chi connectivity index (χ4v) is 2.42. The lowest BCUT2D eigenvalue weighted by atomic mass is 9.84. The number of carbonyl (C=O) groups is 1. The summed E-state index contributed by atoms with van der Waals surface area (Å²) in [7, 11) is 0. The van der Waals surface area contributed by atoms with Gasteiger partial charge in [-0.05, 0) is 44.4 Å². The molecular formula is C13H25NO2. The Kier molecular flexibility index (Phi) is 6.46.